The van der Waals surface area contributed by atoms with Gasteiger partial charge in [0.1, 0.15) is 17.3 Å². The summed E-state index contributed by atoms with van der Waals surface area (Å²) in [4.78, 5) is 30.8. The van der Waals surface area contributed by atoms with Gasteiger partial charge in [-0.05, 0) is 54.1 Å². The van der Waals surface area contributed by atoms with Crippen molar-refractivity contribution in [3.63, 3.8) is 0 Å². The van der Waals surface area contributed by atoms with Crippen LogP contribution in [0.4, 0.5) is 8.78 Å². The molecule has 0 bridgehead atoms. The molecular weight excluding hydrogens is 388 g/mol. The molecule has 0 saturated heterocycles. The number of carbonyl (C=O) groups excluding carboxylic acids is 2. The lowest BCUT2D eigenvalue weighted by Gasteiger charge is -2.07. The van der Waals surface area contributed by atoms with Crippen molar-refractivity contribution >= 4 is 28.8 Å². The summed E-state index contributed by atoms with van der Waals surface area (Å²) in [7, 11) is 0. The van der Waals surface area contributed by atoms with E-state index < -0.39 is 23.3 Å². The number of aromatic amines is 1. The van der Waals surface area contributed by atoms with Crippen LogP contribution in [-0.4, -0.2) is 21.7 Å². The molecule has 0 radical (unpaired) electrons. The Bertz CT molecular complexity index is 1310. The zero-order chi connectivity index (χ0) is 21.3. The number of benzene rings is 2. The topological polar surface area (TPSA) is 88.8 Å². The minimum atomic E-state index is -0.690. The number of pyridine rings is 1. The van der Waals surface area contributed by atoms with Gasteiger partial charge >= 0.3 is 0 Å². The Labute approximate surface area is 169 Å². The number of rotatable bonds is 5. The lowest BCUT2D eigenvalue weighted by atomic mass is 9.99. The van der Waals surface area contributed by atoms with E-state index >= 15 is 0 Å². The van der Waals surface area contributed by atoms with Crippen LogP contribution in [0.3, 0.4) is 0 Å². The van der Waals surface area contributed by atoms with Crippen molar-refractivity contribution in [3.8, 4) is 11.1 Å². The first kappa shape index (κ1) is 19.2. The van der Waals surface area contributed by atoms with Gasteiger partial charge in [-0.2, -0.15) is 0 Å². The fourth-order valence-electron chi connectivity index (χ4n) is 3.13. The average Bonchev–Trinajstić information content (AvgIpc) is 3.14. The van der Waals surface area contributed by atoms with Gasteiger partial charge in [-0.15, -0.1) is 0 Å². The molecule has 2 aromatic carbocycles. The van der Waals surface area contributed by atoms with Crippen molar-refractivity contribution < 1.29 is 18.4 Å². The largest absolute Gasteiger partial charge is 0.366 e. The molecule has 5 nitrogen and oxygen atoms in total. The third-order valence-corrected chi connectivity index (χ3v) is 4.64. The number of ketones is 1. The quantitative estimate of drug-likeness (QED) is 0.386. The number of primary amides is 1. The molecule has 0 fully saturated rings. The first-order chi connectivity index (χ1) is 14.4. The van der Waals surface area contributed by atoms with Crippen molar-refractivity contribution in [1.29, 1.82) is 0 Å². The van der Waals surface area contributed by atoms with E-state index in [-0.39, 0.29) is 11.1 Å². The number of nitrogens with two attached hydrogens (primary N) is 1. The summed E-state index contributed by atoms with van der Waals surface area (Å²) in [6.07, 6.45) is 6.07. The molecule has 2 aromatic heterocycles. The van der Waals surface area contributed by atoms with Gasteiger partial charge in [0.2, 0.25) is 5.91 Å². The summed E-state index contributed by atoms with van der Waals surface area (Å²) < 4.78 is 27.8. The van der Waals surface area contributed by atoms with Gasteiger partial charge in [0.25, 0.3) is 0 Å². The van der Waals surface area contributed by atoms with Crippen molar-refractivity contribution in [3.05, 3.63) is 95.3 Å². The van der Waals surface area contributed by atoms with E-state index in [9.17, 15) is 18.4 Å². The van der Waals surface area contributed by atoms with Crippen LogP contribution >= 0.6 is 0 Å². The second-order valence-corrected chi connectivity index (χ2v) is 6.63. The molecule has 0 aliphatic carbocycles. The molecule has 4 aromatic rings. The highest BCUT2D eigenvalue weighted by molar-refractivity contribution is 6.09. The zero-order valence-electron chi connectivity index (χ0n) is 15.5. The monoisotopic (exact) mass is 403 g/mol. The fraction of sp³-hybridized carbons (Fsp3) is 0. The molecule has 0 atom stereocenters. The summed E-state index contributed by atoms with van der Waals surface area (Å²) in [6, 6.07) is 11.0. The minimum Gasteiger partial charge on any atom is -0.366 e. The van der Waals surface area contributed by atoms with Crippen LogP contribution < -0.4 is 5.73 Å². The number of H-pyrrole nitrogens is 1. The van der Waals surface area contributed by atoms with Crippen LogP contribution in [0.1, 0.15) is 21.5 Å². The van der Waals surface area contributed by atoms with Crippen molar-refractivity contribution in [2.24, 2.45) is 5.73 Å². The number of carbonyl (C=O) groups is 2. The predicted molar refractivity (Wildman–Crippen MR) is 110 cm³/mol. The molecule has 1 amide bonds. The Kier molecular flexibility index (Phi) is 4.93. The molecular formula is C23H15F2N3O2. The number of fused-ring (bicyclic) bond motifs is 1. The van der Waals surface area contributed by atoms with E-state index in [1.165, 1.54) is 30.3 Å². The number of halogens is 2. The molecule has 148 valence electrons. The van der Waals surface area contributed by atoms with E-state index in [0.717, 1.165) is 17.5 Å². The normalized spacial score (nSPS) is 11.3. The van der Waals surface area contributed by atoms with Crippen LogP contribution in [0.25, 0.3) is 28.2 Å². The maximum absolute atomic E-state index is 14.7. The third-order valence-electron chi connectivity index (χ3n) is 4.64. The summed E-state index contributed by atoms with van der Waals surface area (Å²) in [5, 5.41) is 0.733. The summed E-state index contributed by atoms with van der Waals surface area (Å²) in [5.74, 6) is -2.26. The fourth-order valence-corrected chi connectivity index (χ4v) is 3.13. The molecule has 0 aliphatic rings. The van der Waals surface area contributed by atoms with Crippen molar-refractivity contribution in [2.75, 3.05) is 0 Å². The molecule has 0 saturated carbocycles. The van der Waals surface area contributed by atoms with E-state index in [2.05, 4.69) is 9.97 Å². The minimum absolute atomic E-state index is 0.105. The van der Waals surface area contributed by atoms with E-state index in [4.69, 9.17) is 5.73 Å². The van der Waals surface area contributed by atoms with E-state index in [1.54, 1.807) is 30.6 Å². The van der Waals surface area contributed by atoms with Gasteiger partial charge < -0.3 is 10.7 Å². The molecule has 3 N–H and O–H groups in total. The van der Waals surface area contributed by atoms with Crippen molar-refractivity contribution in [1.82, 2.24) is 9.97 Å². The highest BCUT2D eigenvalue weighted by Gasteiger charge is 2.15. The van der Waals surface area contributed by atoms with Gasteiger partial charge in [0, 0.05) is 40.5 Å². The third kappa shape index (κ3) is 3.73. The molecule has 30 heavy (non-hydrogen) atoms. The Balaban J connectivity index is 1.69. The number of nitrogens with one attached hydrogen (secondary N) is 1. The average molecular weight is 403 g/mol. The predicted octanol–water partition coefficient (Wildman–Crippen LogP) is 4.24. The number of nitrogens with zero attached hydrogens (tertiary/aromatic N) is 1. The lowest BCUT2D eigenvalue weighted by molar-refractivity contribution is -0.113. The maximum atomic E-state index is 14.7. The second kappa shape index (κ2) is 7.71. The van der Waals surface area contributed by atoms with E-state index in [0.29, 0.717) is 22.3 Å². The van der Waals surface area contributed by atoms with Gasteiger partial charge in [-0.1, -0.05) is 6.07 Å². The highest BCUT2D eigenvalue weighted by atomic mass is 19.1. The summed E-state index contributed by atoms with van der Waals surface area (Å²) >= 11 is 0. The Morgan fingerprint density at radius 2 is 1.77 bits per heavy atom. The number of hydrogen-bond acceptors (Lipinski definition) is 3. The molecule has 2 heterocycles. The van der Waals surface area contributed by atoms with Gasteiger partial charge in [-0.25, -0.2) is 13.8 Å². The van der Waals surface area contributed by atoms with Crippen LogP contribution in [0.5, 0.6) is 0 Å². The van der Waals surface area contributed by atoms with E-state index in [1.807, 2.05) is 0 Å². The molecule has 4 rings (SSSR count). The Morgan fingerprint density at radius 1 is 1.00 bits per heavy atom. The van der Waals surface area contributed by atoms with Gasteiger partial charge in [0.05, 0.1) is 5.56 Å². The van der Waals surface area contributed by atoms with Gasteiger partial charge in [-0.3, -0.25) is 9.59 Å². The van der Waals surface area contributed by atoms with Crippen molar-refractivity contribution in [2.45, 2.75) is 0 Å². The molecule has 0 unspecified atom stereocenters. The lowest BCUT2D eigenvalue weighted by Crippen LogP contribution is -2.05. The second-order valence-electron chi connectivity index (χ2n) is 6.63. The molecule has 7 heteroatoms. The van der Waals surface area contributed by atoms with Gasteiger partial charge in [0.15, 0.2) is 5.78 Å². The number of amides is 1. The maximum Gasteiger partial charge on any atom is 0.241 e. The molecule has 0 aliphatic heterocycles. The Morgan fingerprint density at radius 3 is 2.47 bits per heavy atom. The number of hydrogen-bond donors (Lipinski definition) is 2. The SMILES string of the molecule is NC(=O)C=Cc1c[nH]c2ncc(-c3ccc(C(=O)c4ccc(F)cc4)c(F)c3)cc12. The molecule has 0 spiro atoms. The van der Waals surface area contributed by atoms with Crippen LogP contribution in [0, 0.1) is 11.6 Å². The van der Waals surface area contributed by atoms with Crippen LogP contribution in [0.15, 0.2) is 67.0 Å². The van der Waals surface area contributed by atoms with Crippen LogP contribution in [0.2, 0.25) is 0 Å². The highest BCUT2D eigenvalue weighted by Crippen LogP contribution is 2.27. The van der Waals surface area contributed by atoms with Crippen LogP contribution in [-0.2, 0) is 4.79 Å². The standard InChI is InChI=1S/C23H15F2N3O2/c24-17-5-1-13(2-6-17)22(30)18-7-3-14(10-20(18)25)16-9-19-15(4-8-21(26)29)11-27-23(19)28-12-16/h1-12H,(H2,26,29)(H,27,28). The summed E-state index contributed by atoms with van der Waals surface area (Å²) in [6.45, 7) is 0. The first-order valence-corrected chi connectivity index (χ1v) is 8.97. The first-order valence-electron chi connectivity index (χ1n) is 8.97. The summed E-state index contributed by atoms with van der Waals surface area (Å²) in [5.41, 5.74) is 7.71. The zero-order valence-corrected chi connectivity index (χ0v) is 15.5. The smallest absolute Gasteiger partial charge is 0.241 e. The number of aromatic nitrogens is 2. The Hall–Kier alpha value is -4.13.